The van der Waals surface area contributed by atoms with Crippen LogP contribution in [-0.4, -0.2) is 42.3 Å². The molecule has 0 unspecified atom stereocenters. The predicted molar refractivity (Wildman–Crippen MR) is 113 cm³/mol. The molecule has 2 amide bonds. The standard InChI is InChI=1S/C22H21NO6S/c1-3-28-18-11-16(9-10-17(18)29-14-20(24)27-2)12-19-21(25)23(22(26)30-19)13-15-7-5-4-6-8-15/h4-12H,3,13-14H2,1-2H3/b19-12-. The van der Waals surface area contributed by atoms with E-state index >= 15 is 0 Å². The number of rotatable bonds is 8. The number of esters is 1. The van der Waals surface area contributed by atoms with Crippen LogP contribution in [0.15, 0.2) is 53.4 Å². The summed E-state index contributed by atoms with van der Waals surface area (Å²) in [7, 11) is 1.28. The molecule has 0 N–H and O–H groups in total. The molecule has 30 heavy (non-hydrogen) atoms. The van der Waals surface area contributed by atoms with Crippen LogP contribution in [0.25, 0.3) is 6.08 Å². The van der Waals surface area contributed by atoms with Gasteiger partial charge in [0.05, 0.1) is 25.2 Å². The third-order valence-electron chi connectivity index (χ3n) is 4.20. The van der Waals surface area contributed by atoms with Gasteiger partial charge in [-0.05, 0) is 48.0 Å². The fourth-order valence-corrected chi connectivity index (χ4v) is 3.59. The average molecular weight is 427 g/mol. The molecule has 7 nitrogen and oxygen atoms in total. The Morgan fingerprint density at radius 3 is 2.53 bits per heavy atom. The van der Waals surface area contributed by atoms with Gasteiger partial charge in [-0.2, -0.15) is 0 Å². The van der Waals surface area contributed by atoms with E-state index in [1.54, 1.807) is 24.3 Å². The van der Waals surface area contributed by atoms with Crippen LogP contribution in [0.3, 0.4) is 0 Å². The molecule has 1 fully saturated rings. The Morgan fingerprint density at radius 2 is 1.83 bits per heavy atom. The van der Waals surface area contributed by atoms with Crippen LogP contribution >= 0.6 is 11.8 Å². The lowest BCUT2D eigenvalue weighted by atomic mass is 10.1. The second-order valence-corrected chi connectivity index (χ2v) is 7.25. The summed E-state index contributed by atoms with van der Waals surface area (Å²) in [5.74, 6) is -0.0262. The van der Waals surface area contributed by atoms with Gasteiger partial charge in [0, 0.05) is 0 Å². The lowest BCUT2D eigenvalue weighted by molar-refractivity contribution is -0.142. The van der Waals surface area contributed by atoms with Crippen LogP contribution in [0.2, 0.25) is 0 Å². The molecule has 156 valence electrons. The van der Waals surface area contributed by atoms with Gasteiger partial charge in [0.25, 0.3) is 11.1 Å². The molecule has 0 aromatic heterocycles. The van der Waals surface area contributed by atoms with Gasteiger partial charge in [-0.25, -0.2) is 4.79 Å². The van der Waals surface area contributed by atoms with Crippen molar-refractivity contribution in [3.05, 3.63) is 64.6 Å². The van der Waals surface area contributed by atoms with Crippen LogP contribution < -0.4 is 9.47 Å². The van der Waals surface area contributed by atoms with Crippen molar-refractivity contribution in [1.82, 2.24) is 4.90 Å². The van der Waals surface area contributed by atoms with Crippen molar-refractivity contribution in [2.45, 2.75) is 13.5 Å². The summed E-state index contributed by atoms with van der Waals surface area (Å²) in [4.78, 5) is 37.9. The molecule has 1 aliphatic rings. The molecular formula is C22H21NO6S. The summed E-state index contributed by atoms with van der Waals surface area (Å²) in [6.45, 7) is 2.21. The third kappa shape index (κ3) is 5.21. The van der Waals surface area contributed by atoms with E-state index in [4.69, 9.17) is 9.47 Å². The molecule has 1 saturated heterocycles. The Bertz CT molecular complexity index is 973. The van der Waals surface area contributed by atoms with Crippen LogP contribution in [0, 0.1) is 0 Å². The van der Waals surface area contributed by atoms with Crippen molar-refractivity contribution in [3.8, 4) is 11.5 Å². The first-order valence-corrected chi connectivity index (χ1v) is 10.1. The Morgan fingerprint density at radius 1 is 1.07 bits per heavy atom. The van der Waals surface area contributed by atoms with Crippen molar-refractivity contribution in [2.75, 3.05) is 20.3 Å². The predicted octanol–water partition coefficient (Wildman–Crippen LogP) is 3.87. The van der Waals surface area contributed by atoms with Gasteiger partial charge in [0.2, 0.25) is 0 Å². The molecule has 0 spiro atoms. The highest BCUT2D eigenvalue weighted by atomic mass is 32.2. The van der Waals surface area contributed by atoms with Gasteiger partial charge in [-0.3, -0.25) is 14.5 Å². The molecule has 3 rings (SSSR count). The molecular weight excluding hydrogens is 406 g/mol. The van der Waals surface area contributed by atoms with E-state index in [1.165, 1.54) is 12.0 Å². The minimum atomic E-state index is -0.506. The van der Waals surface area contributed by atoms with Gasteiger partial charge in [-0.1, -0.05) is 36.4 Å². The molecule has 2 aromatic carbocycles. The number of hydrogen-bond donors (Lipinski definition) is 0. The van der Waals surface area contributed by atoms with Gasteiger partial charge in [0.15, 0.2) is 18.1 Å². The number of carbonyl (C=O) groups excluding carboxylic acids is 3. The number of nitrogens with zero attached hydrogens (tertiary/aromatic N) is 1. The first-order chi connectivity index (χ1) is 14.5. The van der Waals surface area contributed by atoms with Crippen LogP contribution in [0.5, 0.6) is 11.5 Å². The zero-order valence-electron chi connectivity index (χ0n) is 16.6. The van der Waals surface area contributed by atoms with Crippen molar-refractivity contribution >= 4 is 35.0 Å². The molecule has 0 radical (unpaired) electrons. The normalized spacial score (nSPS) is 14.9. The summed E-state index contributed by atoms with van der Waals surface area (Å²) in [6, 6.07) is 14.4. The minimum Gasteiger partial charge on any atom is -0.490 e. The SMILES string of the molecule is CCOc1cc(/C=C2\SC(=O)N(Cc3ccccc3)C2=O)ccc1OCC(=O)OC. The molecule has 8 heteroatoms. The molecule has 1 aliphatic heterocycles. The zero-order valence-corrected chi connectivity index (χ0v) is 17.4. The Balaban J connectivity index is 1.78. The fourth-order valence-electron chi connectivity index (χ4n) is 2.75. The first kappa shape index (κ1) is 21.4. The van der Waals surface area contributed by atoms with Crippen molar-refractivity contribution in [2.24, 2.45) is 0 Å². The molecule has 1 heterocycles. The summed E-state index contributed by atoms with van der Waals surface area (Å²) in [5.41, 5.74) is 1.56. The quantitative estimate of drug-likeness (QED) is 0.467. The number of thioether (sulfide) groups is 1. The largest absolute Gasteiger partial charge is 0.490 e. The Kier molecular flexibility index (Phi) is 7.13. The topological polar surface area (TPSA) is 82.1 Å². The van der Waals surface area contributed by atoms with Crippen molar-refractivity contribution in [3.63, 3.8) is 0 Å². The summed E-state index contributed by atoms with van der Waals surface area (Å²) in [5, 5.41) is -0.307. The van der Waals surface area contributed by atoms with Gasteiger partial charge in [0.1, 0.15) is 0 Å². The van der Waals surface area contributed by atoms with Gasteiger partial charge in [-0.15, -0.1) is 0 Å². The minimum absolute atomic E-state index is 0.230. The number of methoxy groups -OCH3 is 1. The molecule has 2 aromatic rings. The maximum atomic E-state index is 12.7. The van der Waals surface area contributed by atoms with E-state index in [0.29, 0.717) is 28.6 Å². The van der Waals surface area contributed by atoms with E-state index in [-0.39, 0.29) is 24.3 Å². The number of amides is 2. The lowest BCUT2D eigenvalue weighted by Crippen LogP contribution is -2.27. The number of benzene rings is 2. The zero-order chi connectivity index (χ0) is 21.5. The summed E-state index contributed by atoms with van der Waals surface area (Å²) >= 11 is 0.902. The summed E-state index contributed by atoms with van der Waals surface area (Å²) in [6.07, 6.45) is 1.64. The van der Waals surface area contributed by atoms with Gasteiger partial charge < -0.3 is 14.2 Å². The molecule has 0 bridgehead atoms. The van der Waals surface area contributed by atoms with Gasteiger partial charge >= 0.3 is 5.97 Å². The second kappa shape index (κ2) is 9.98. The second-order valence-electron chi connectivity index (χ2n) is 6.26. The molecule has 0 atom stereocenters. The van der Waals surface area contributed by atoms with Crippen molar-refractivity contribution in [1.29, 1.82) is 0 Å². The number of hydrogen-bond acceptors (Lipinski definition) is 7. The smallest absolute Gasteiger partial charge is 0.343 e. The monoisotopic (exact) mass is 427 g/mol. The van der Waals surface area contributed by atoms with E-state index < -0.39 is 5.97 Å². The highest BCUT2D eigenvalue weighted by Gasteiger charge is 2.35. The lowest BCUT2D eigenvalue weighted by Gasteiger charge is -2.12. The maximum absolute atomic E-state index is 12.7. The molecule has 0 saturated carbocycles. The van der Waals surface area contributed by atoms with E-state index in [2.05, 4.69) is 4.74 Å². The highest BCUT2D eigenvalue weighted by Crippen LogP contribution is 2.35. The third-order valence-corrected chi connectivity index (χ3v) is 5.10. The van der Waals surface area contributed by atoms with E-state index in [9.17, 15) is 14.4 Å². The van der Waals surface area contributed by atoms with Crippen LogP contribution in [0.4, 0.5) is 4.79 Å². The Hall–Kier alpha value is -3.26. The van der Waals surface area contributed by atoms with Crippen LogP contribution in [-0.2, 0) is 20.9 Å². The average Bonchev–Trinajstić information content (AvgIpc) is 3.01. The number of carbonyl (C=O) groups is 3. The number of ether oxygens (including phenoxy) is 3. The highest BCUT2D eigenvalue weighted by molar-refractivity contribution is 8.18. The molecule has 0 aliphatic carbocycles. The van der Waals surface area contributed by atoms with Crippen molar-refractivity contribution < 1.29 is 28.6 Å². The summed E-state index contributed by atoms with van der Waals surface area (Å²) < 4.78 is 15.6. The van der Waals surface area contributed by atoms with E-state index in [1.807, 2.05) is 37.3 Å². The first-order valence-electron chi connectivity index (χ1n) is 9.27. The van der Waals surface area contributed by atoms with Crippen LogP contribution in [0.1, 0.15) is 18.1 Å². The fraction of sp³-hybridized carbons (Fsp3) is 0.227. The Labute approximate surface area is 178 Å². The number of imide groups is 1. The maximum Gasteiger partial charge on any atom is 0.343 e. The van der Waals surface area contributed by atoms with E-state index in [0.717, 1.165) is 17.3 Å².